The topological polar surface area (TPSA) is 72.2 Å². The number of benzene rings is 1. The van der Waals surface area contributed by atoms with Gasteiger partial charge in [0.15, 0.2) is 10.8 Å². The molecule has 1 aliphatic rings. The summed E-state index contributed by atoms with van der Waals surface area (Å²) in [6.45, 7) is 5.06. The molecule has 0 unspecified atom stereocenters. The van der Waals surface area contributed by atoms with Crippen LogP contribution in [0.5, 0.6) is 0 Å². The number of carbonyl (C=O) groups excluding carboxylic acids is 1. The average Bonchev–Trinajstić information content (AvgIpc) is 3.38. The maximum atomic E-state index is 12.4. The molecule has 4 aromatic rings. The number of aromatic nitrogens is 4. The van der Waals surface area contributed by atoms with Gasteiger partial charge in [0.05, 0.1) is 11.1 Å². The fraction of sp³-hybridized carbons (Fsp3) is 0.417. The number of nitrogens with one attached hydrogen (secondary N) is 1. The summed E-state index contributed by atoms with van der Waals surface area (Å²) >= 11 is 3.25. The van der Waals surface area contributed by atoms with Crippen LogP contribution >= 0.6 is 23.1 Å². The minimum Gasteiger partial charge on any atom is -0.355 e. The predicted molar refractivity (Wildman–Crippen MR) is 131 cm³/mol. The average molecular weight is 466 g/mol. The molecule has 1 aliphatic carbocycles. The Kier molecular flexibility index (Phi) is 6.15. The molecule has 1 amide bonds. The van der Waals surface area contributed by atoms with Crippen molar-refractivity contribution in [1.29, 1.82) is 0 Å². The summed E-state index contributed by atoms with van der Waals surface area (Å²) in [7, 11) is 0. The van der Waals surface area contributed by atoms with Crippen LogP contribution in [0.1, 0.15) is 42.1 Å². The highest BCUT2D eigenvalue weighted by Gasteiger charge is 2.25. The van der Waals surface area contributed by atoms with Crippen molar-refractivity contribution in [3.63, 3.8) is 0 Å². The standard InChI is InChI=1S/C24H27N5OS2/c1-3-19-26-23-21(17-10-9-15(2)13-18(17)32-23)22-27-28-24(29(19)22)31-14-20(30)25-12-11-16-7-5-4-6-8-16/h4-8,15H,3,9-14H2,1-2H3,(H,25,30)/t15-/m0/s1. The normalized spacial score (nSPS) is 15.9. The van der Waals surface area contributed by atoms with Gasteiger partial charge in [-0.15, -0.1) is 21.5 Å². The van der Waals surface area contributed by atoms with Gasteiger partial charge >= 0.3 is 0 Å². The van der Waals surface area contributed by atoms with Gasteiger partial charge in [-0.3, -0.25) is 9.20 Å². The van der Waals surface area contributed by atoms with Crippen LogP contribution in [0.25, 0.3) is 15.9 Å². The van der Waals surface area contributed by atoms with Crippen LogP contribution in [0.2, 0.25) is 0 Å². The van der Waals surface area contributed by atoms with E-state index < -0.39 is 0 Å². The summed E-state index contributed by atoms with van der Waals surface area (Å²) < 4.78 is 2.06. The smallest absolute Gasteiger partial charge is 0.230 e. The molecule has 166 valence electrons. The zero-order chi connectivity index (χ0) is 22.1. The molecule has 0 spiro atoms. The van der Waals surface area contributed by atoms with Crippen LogP contribution in [0.15, 0.2) is 35.5 Å². The quantitative estimate of drug-likeness (QED) is 0.408. The number of thiophene rings is 1. The molecule has 3 aromatic heterocycles. The first-order valence-electron chi connectivity index (χ1n) is 11.3. The van der Waals surface area contributed by atoms with Crippen LogP contribution in [-0.2, 0) is 30.5 Å². The number of carbonyl (C=O) groups is 1. The summed E-state index contributed by atoms with van der Waals surface area (Å²) in [6, 6.07) is 10.2. The highest BCUT2D eigenvalue weighted by Crippen LogP contribution is 2.39. The summed E-state index contributed by atoms with van der Waals surface area (Å²) in [5.41, 5.74) is 3.52. The third-order valence-electron chi connectivity index (χ3n) is 6.07. The van der Waals surface area contributed by atoms with Crippen LogP contribution in [0.3, 0.4) is 0 Å². The number of fused-ring (bicyclic) bond motifs is 5. The number of aryl methyl sites for hydroxylation is 2. The van der Waals surface area contributed by atoms with Gasteiger partial charge in [-0.05, 0) is 42.7 Å². The molecule has 0 fully saturated rings. The second kappa shape index (κ2) is 9.19. The summed E-state index contributed by atoms with van der Waals surface area (Å²) in [6.07, 6.45) is 5.04. The van der Waals surface area contributed by atoms with E-state index in [4.69, 9.17) is 4.98 Å². The molecule has 5 rings (SSSR count). The van der Waals surface area contributed by atoms with Gasteiger partial charge in [0.25, 0.3) is 0 Å². The molecule has 1 aromatic carbocycles. The number of nitrogens with zero attached hydrogens (tertiary/aromatic N) is 4. The van der Waals surface area contributed by atoms with Crippen molar-refractivity contribution >= 4 is 44.9 Å². The Hall–Kier alpha value is -2.45. The van der Waals surface area contributed by atoms with E-state index in [1.54, 1.807) is 0 Å². The molecular weight excluding hydrogens is 438 g/mol. The van der Waals surface area contributed by atoms with E-state index in [0.29, 0.717) is 12.3 Å². The van der Waals surface area contributed by atoms with Gasteiger partial charge in [0.1, 0.15) is 10.7 Å². The lowest BCUT2D eigenvalue weighted by Gasteiger charge is -2.17. The molecule has 0 saturated carbocycles. The summed E-state index contributed by atoms with van der Waals surface area (Å²) in [4.78, 5) is 19.9. The van der Waals surface area contributed by atoms with Gasteiger partial charge in [-0.2, -0.15) is 0 Å². The van der Waals surface area contributed by atoms with Crippen molar-refractivity contribution in [2.45, 2.75) is 51.1 Å². The van der Waals surface area contributed by atoms with Gasteiger partial charge < -0.3 is 5.32 Å². The van der Waals surface area contributed by atoms with Crippen LogP contribution < -0.4 is 5.32 Å². The first-order chi connectivity index (χ1) is 15.6. The van der Waals surface area contributed by atoms with E-state index in [9.17, 15) is 4.79 Å². The number of rotatable bonds is 7. The Bertz CT molecular complexity index is 1260. The van der Waals surface area contributed by atoms with Crippen molar-refractivity contribution < 1.29 is 4.79 Å². The fourth-order valence-electron chi connectivity index (χ4n) is 4.38. The van der Waals surface area contributed by atoms with Crippen molar-refractivity contribution in [3.8, 4) is 0 Å². The van der Waals surface area contributed by atoms with Crippen LogP contribution in [-0.4, -0.2) is 37.8 Å². The molecule has 32 heavy (non-hydrogen) atoms. The molecular formula is C24H27N5OS2. The SMILES string of the molecule is CCc1nc2sc3c(c2c2nnc(SCC(=O)NCCc4ccccc4)n12)CC[C@H](C)C3. The number of thioether (sulfide) groups is 1. The molecule has 0 aliphatic heterocycles. The van der Waals surface area contributed by atoms with E-state index in [-0.39, 0.29) is 5.91 Å². The lowest BCUT2D eigenvalue weighted by Crippen LogP contribution is -2.27. The number of amides is 1. The Labute approximate surface area is 195 Å². The fourth-order valence-corrected chi connectivity index (χ4v) is 6.56. The molecule has 8 heteroatoms. The zero-order valence-corrected chi connectivity index (χ0v) is 20.1. The summed E-state index contributed by atoms with van der Waals surface area (Å²) in [5, 5.41) is 13.9. The first-order valence-corrected chi connectivity index (χ1v) is 13.1. The van der Waals surface area contributed by atoms with Gasteiger partial charge in [0.2, 0.25) is 5.91 Å². The third-order valence-corrected chi connectivity index (χ3v) is 8.14. The molecule has 1 N–H and O–H groups in total. The highest BCUT2D eigenvalue weighted by molar-refractivity contribution is 7.99. The maximum absolute atomic E-state index is 12.4. The zero-order valence-electron chi connectivity index (χ0n) is 18.4. The van der Waals surface area contributed by atoms with Gasteiger partial charge in [0, 0.05) is 17.8 Å². The van der Waals surface area contributed by atoms with E-state index in [2.05, 4.69) is 45.9 Å². The van der Waals surface area contributed by atoms with Gasteiger partial charge in [-0.1, -0.05) is 55.9 Å². The van der Waals surface area contributed by atoms with Crippen LogP contribution in [0, 0.1) is 5.92 Å². The molecule has 6 nitrogen and oxygen atoms in total. The van der Waals surface area contributed by atoms with Crippen LogP contribution in [0.4, 0.5) is 0 Å². The molecule has 0 bridgehead atoms. The number of hydrogen-bond acceptors (Lipinski definition) is 6. The Morgan fingerprint density at radius 1 is 1.28 bits per heavy atom. The Balaban J connectivity index is 1.34. The highest BCUT2D eigenvalue weighted by atomic mass is 32.2. The van der Waals surface area contributed by atoms with Crippen molar-refractivity contribution in [1.82, 2.24) is 24.9 Å². The molecule has 1 atom stereocenters. The van der Waals surface area contributed by atoms with E-state index in [1.165, 1.54) is 39.6 Å². The van der Waals surface area contributed by atoms with E-state index >= 15 is 0 Å². The Morgan fingerprint density at radius 3 is 2.94 bits per heavy atom. The van der Waals surface area contributed by atoms with Crippen molar-refractivity contribution in [3.05, 3.63) is 52.2 Å². The lowest BCUT2D eigenvalue weighted by molar-refractivity contribution is -0.118. The minimum absolute atomic E-state index is 0.0108. The monoisotopic (exact) mass is 465 g/mol. The second-order valence-electron chi connectivity index (χ2n) is 8.43. The van der Waals surface area contributed by atoms with Crippen molar-refractivity contribution in [2.24, 2.45) is 5.92 Å². The van der Waals surface area contributed by atoms with E-state index in [1.807, 2.05) is 29.5 Å². The molecule has 0 radical (unpaired) electrons. The Morgan fingerprint density at radius 2 is 2.12 bits per heavy atom. The molecule has 3 heterocycles. The number of hydrogen-bond donors (Lipinski definition) is 1. The molecule has 0 saturated heterocycles. The van der Waals surface area contributed by atoms with Gasteiger partial charge in [-0.25, -0.2) is 4.98 Å². The third kappa shape index (κ3) is 4.13. The summed E-state index contributed by atoms with van der Waals surface area (Å²) in [5.74, 6) is 2.00. The second-order valence-corrected chi connectivity index (χ2v) is 10.5. The largest absolute Gasteiger partial charge is 0.355 e. The predicted octanol–water partition coefficient (Wildman–Crippen LogP) is 4.48. The maximum Gasteiger partial charge on any atom is 0.230 e. The minimum atomic E-state index is 0.0108. The lowest BCUT2D eigenvalue weighted by atomic mass is 9.89. The van der Waals surface area contributed by atoms with Crippen molar-refractivity contribution in [2.75, 3.05) is 12.3 Å². The first kappa shape index (κ1) is 21.4. The van der Waals surface area contributed by atoms with E-state index in [0.717, 1.165) is 53.1 Å².